The second kappa shape index (κ2) is 11.1. The number of nitrogens with one attached hydrogen (secondary N) is 1. The van der Waals surface area contributed by atoms with Gasteiger partial charge in [0.1, 0.15) is 0 Å². The van der Waals surface area contributed by atoms with E-state index in [2.05, 4.69) is 17.4 Å². The van der Waals surface area contributed by atoms with Gasteiger partial charge in [-0.3, -0.25) is 19.2 Å². The molecule has 9 nitrogen and oxygen atoms in total. The predicted molar refractivity (Wildman–Crippen MR) is 141 cm³/mol. The van der Waals surface area contributed by atoms with Crippen LogP contribution >= 0.6 is 0 Å². The van der Waals surface area contributed by atoms with E-state index in [-0.39, 0.29) is 35.1 Å². The number of likely N-dealkylation sites (tertiary alicyclic amines) is 2. The van der Waals surface area contributed by atoms with Crippen LogP contribution in [-0.4, -0.2) is 60.8 Å². The summed E-state index contributed by atoms with van der Waals surface area (Å²) in [7, 11) is 1.45. The number of carbonyl (C=O) groups is 3. The molecule has 3 amide bonds. The van der Waals surface area contributed by atoms with Crippen molar-refractivity contribution >= 4 is 28.7 Å². The van der Waals surface area contributed by atoms with Crippen LogP contribution in [0.4, 0.5) is 0 Å². The third kappa shape index (κ3) is 5.27. The van der Waals surface area contributed by atoms with Crippen molar-refractivity contribution in [2.75, 3.05) is 33.3 Å². The Morgan fingerprint density at radius 3 is 2.58 bits per heavy atom. The molecule has 2 aromatic carbocycles. The predicted octanol–water partition coefficient (Wildman–Crippen LogP) is 3.06. The highest BCUT2D eigenvalue weighted by molar-refractivity contribution is 5.96. The zero-order chi connectivity index (χ0) is 26.6. The van der Waals surface area contributed by atoms with Crippen molar-refractivity contribution in [2.24, 2.45) is 0 Å². The highest BCUT2D eigenvalue weighted by Gasteiger charge is 2.27. The first-order chi connectivity index (χ1) is 18.4. The Labute approximate surface area is 220 Å². The van der Waals surface area contributed by atoms with Gasteiger partial charge in [0.25, 0.3) is 5.91 Å². The van der Waals surface area contributed by atoms with Gasteiger partial charge in [-0.05, 0) is 48.4 Å². The van der Waals surface area contributed by atoms with Crippen molar-refractivity contribution in [1.29, 1.82) is 0 Å². The molecule has 2 fully saturated rings. The molecule has 1 N–H and O–H groups in total. The maximum Gasteiger partial charge on any atom is 0.287 e. The summed E-state index contributed by atoms with van der Waals surface area (Å²) in [5.74, 6) is -0.126. The van der Waals surface area contributed by atoms with Crippen LogP contribution in [0.15, 0.2) is 57.7 Å². The van der Waals surface area contributed by atoms with Gasteiger partial charge in [-0.2, -0.15) is 0 Å². The van der Waals surface area contributed by atoms with E-state index in [1.807, 2.05) is 17.0 Å². The van der Waals surface area contributed by atoms with Gasteiger partial charge in [-0.25, -0.2) is 0 Å². The van der Waals surface area contributed by atoms with Crippen LogP contribution in [0.1, 0.15) is 53.3 Å². The molecule has 9 heteroatoms. The van der Waals surface area contributed by atoms with Crippen LogP contribution in [0, 0.1) is 0 Å². The molecule has 0 spiro atoms. The summed E-state index contributed by atoms with van der Waals surface area (Å²) in [5.41, 5.74) is 2.25. The Bertz CT molecular complexity index is 1420. The van der Waals surface area contributed by atoms with Gasteiger partial charge in [0.05, 0.1) is 19.0 Å². The number of benzene rings is 2. The fraction of sp³-hybridized carbons (Fsp3) is 0.379. The molecule has 0 unspecified atom stereocenters. The second-order valence-corrected chi connectivity index (χ2v) is 9.77. The van der Waals surface area contributed by atoms with Gasteiger partial charge >= 0.3 is 0 Å². The van der Waals surface area contributed by atoms with Crippen LogP contribution in [0.3, 0.4) is 0 Å². The van der Waals surface area contributed by atoms with Gasteiger partial charge in [-0.15, -0.1) is 0 Å². The van der Waals surface area contributed by atoms with Gasteiger partial charge in [0.15, 0.2) is 22.5 Å². The molecule has 2 aliphatic rings. The first-order valence-corrected chi connectivity index (χ1v) is 13.0. The lowest BCUT2D eigenvalue weighted by Crippen LogP contribution is -2.44. The number of rotatable bonds is 7. The summed E-state index contributed by atoms with van der Waals surface area (Å²) < 4.78 is 10.9. The summed E-state index contributed by atoms with van der Waals surface area (Å²) in [4.78, 5) is 53.8. The minimum atomic E-state index is -0.636. The minimum Gasteiger partial charge on any atom is -0.493 e. The molecule has 0 aliphatic carbocycles. The Hall–Kier alpha value is -4.14. The Balaban J connectivity index is 1.18. The minimum absolute atomic E-state index is 0.174. The maximum atomic E-state index is 12.8. The molecular weight excluding hydrogens is 486 g/mol. The van der Waals surface area contributed by atoms with Crippen LogP contribution in [0.5, 0.6) is 5.75 Å². The lowest BCUT2D eigenvalue weighted by molar-refractivity contribution is -0.131. The molecular formula is C29H31N3O6. The Kier molecular flexibility index (Phi) is 7.44. The average molecular weight is 518 g/mol. The van der Waals surface area contributed by atoms with Crippen molar-refractivity contribution in [1.82, 2.24) is 15.1 Å². The summed E-state index contributed by atoms with van der Waals surface area (Å²) in [5, 5.41) is 2.89. The van der Waals surface area contributed by atoms with Crippen LogP contribution in [-0.2, 0) is 16.1 Å². The molecule has 198 valence electrons. The van der Waals surface area contributed by atoms with E-state index in [0.29, 0.717) is 43.1 Å². The molecule has 1 aromatic heterocycles. The third-order valence-corrected chi connectivity index (χ3v) is 7.44. The first-order valence-electron chi connectivity index (χ1n) is 13.0. The third-order valence-electron chi connectivity index (χ3n) is 7.44. The van der Waals surface area contributed by atoms with E-state index >= 15 is 0 Å². The summed E-state index contributed by atoms with van der Waals surface area (Å²) in [6.07, 6.45) is 3.16. The van der Waals surface area contributed by atoms with Crippen molar-refractivity contribution in [3.05, 3.63) is 75.6 Å². The quantitative estimate of drug-likeness (QED) is 0.516. The van der Waals surface area contributed by atoms with Gasteiger partial charge in [0, 0.05) is 38.7 Å². The van der Waals surface area contributed by atoms with Crippen LogP contribution < -0.4 is 15.5 Å². The number of piperidine rings is 1. The molecule has 0 saturated carbocycles. The van der Waals surface area contributed by atoms with Crippen LogP contribution in [0.2, 0.25) is 0 Å². The summed E-state index contributed by atoms with van der Waals surface area (Å²) in [6.45, 7) is 2.42. The van der Waals surface area contributed by atoms with E-state index in [1.54, 1.807) is 23.1 Å². The smallest absolute Gasteiger partial charge is 0.287 e. The molecule has 2 aliphatic heterocycles. The topological polar surface area (TPSA) is 109 Å². The molecule has 3 aromatic rings. The Morgan fingerprint density at radius 2 is 1.84 bits per heavy atom. The number of amides is 3. The van der Waals surface area contributed by atoms with Crippen molar-refractivity contribution in [3.8, 4) is 5.75 Å². The van der Waals surface area contributed by atoms with Gasteiger partial charge in [-0.1, -0.05) is 30.3 Å². The van der Waals surface area contributed by atoms with E-state index in [1.165, 1.54) is 18.2 Å². The van der Waals surface area contributed by atoms with E-state index in [4.69, 9.17) is 9.15 Å². The fourth-order valence-corrected chi connectivity index (χ4v) is 5.37. The number of methoxy groups -OCH3 is 1. The van der Waals surface area contributed by atoms with Crippen molar-refractivity contribution in [3.63, 3.8) is 0 Å². The second-order valence-electron chi connectivity index (χ2n) is 9.77. The number of fused-ring (bicyclic) bond motifs is 1. The van der Waals surface area contributed by atoms with Gasteiger partial charge in [0.2, 0.25) is 11.8 Å². The van der Waals surface area contributed by atoms with Crippen LogP contribution in [0.25, 0.3) is 11.0 Å². The largest absolute Gasteiger partial charge is 0.493 e. The molecule has 0 bridgehead atoms. The SMILES string of the molecule is COc1cccc2c(=O)cc(C(=O)NCC(=O)N3CCC(c4ccccc4CN4CCCC4=O)CC3)oc12. The van der Waals surface area contributed by atoms with Crippen molar-refractivity contribution < 1.29 is 23.5 Å². The van der Waals surface area contributed by atoms with E-state index in [9.17, 15) is 19.2 Å². The maximum absolute atomic E-state index is 12.8. The molecule has 2 saturated heterocycles. The highest BCUT2D eigenvalue weighted by Crippen LogP contribution is 2.31. The van der Waals surface area contributed by atoms with Crippen molar-refractivity contribution in [2.45, 2.75) is 38.1 Å². The number of nitrogens with zero attached hydrogens (tertiary/aromatic N) is 2. The zero-order valence-electron chi connectivity index (χ0n) is 21.4. The number of hydrogen-bond acceptors (Lipinski definition) is 6. The molecule has 0 atom stereocenters. The molecule has 0 radical (unpaired) electrons. The monoisotopic (exact) mass is 517 g/mol. The van der Waals surface area contributed by atoms with E-state index in [0.717, 1.165) is 31.9 Å². The van der Waals surface area contributed by atoms with E-state index < -0.39 is 5.91 Å². The highest BCUT2D eigenvalue weighted by atomic mass is 16.5. The lowest BCUT2D eigenvalue weighted by Gasteiger charge is -2.33. The first kappa shape index (κ1) is 25.5. The Morgan fingerprint density at radius 1 is 1.05 bits per heavy atom. The lowest BCUT2D eigenvalue weighted by atomic mass is 9.86. The fourth-order valence-electron chi connectivity index (χ4n) is 5.37. The molecule has 3 heterocycles. The number of para-hydroxylation sites is 1. The average Bonchev–Trinajstić information content (AvgIpc) is 3.35. The number of carbonyl (C=O) groups excluding carboxylic acids is 3. The molecule has 38 heavy (non-hydrogen) atoms. The zero-order valence-corrected chi connectivity index (χ0v) is 21.4. The van der Waals surface area contributed by atoms with Gasteiger partial charge < -0.3 is 24.3 Å². The normalized spacial score (nSPS) is 16.2. The number of hydrogen-bond donors (Lipinski definition) is 1. The summed E-state index contributed by atoms with van der Waals surface area (Å²) in [6, 6.07) is 14.3. The number of ether oxygens (including phenoxy) is 1. The summed E-state index contributed by atoms with van der Waals surface area (Å²) >= 11 is 0. The molecule has 5 rings (SSSR count). The standard InChI is InChI=1S/C29H31N3O6/c1-37-24-9-4-8-22-23(33)16-25(38-28(22)24)29(36)30-17-27(35)31-14-11-19(12-15-31)21-7-3-2-6-20(21)18-32-13-5-10-26(32)34/h2-4,6-9,16,19H,5,10-15,17-18H2,1H3,(H,30,36).